The zero-order valence-electron chi connectivity index (χ0n) is 49.2. The Morgan fingerprint density at radius 1 is 0.506 bits per heavy atom. The number of aliphatic hydroxyl groups excluding tert-OH is 4. The van der Waals surface area contributed by atoms with Crippen LogP contribution >= 0.6 is 74.7 Å². The fourth-order valence-corrected chi connectivity index (χ4v) is 8.53. The number of amides is 2. The summed E-state index contributed by atoms with van der Waals surface area (Å²) in [5, 5.41) is 53.9. The minimum absolute atomic E-state index is 0. The molecule has 0 bridgehead atoms. The summed E-state index contributed by atoms with van der Waals surface area (Å²) in [4.78, 5) is 68.3. The third-order valence-corrected chi connectivity index (χ3v) is 13.6. The van der Waals surface area contributed by atoms with E-state index in [0.717, 1.165) is 30.2 Å². The van der Waals surface area contributed by atoms with Gasteiger partial charge in [0.15, 0.2) is 17.3 Å². The number of carboxylic acid groups (broad SMARTS) is 1. The quantitative estimate of drug-likeness (QED) is 0.0291. The van der Waals surface area contributed by atoms with E-state index in [1.807, 2.05) is 0 Å². The van der Waals surface area contributed by atoms with Crippen molar-refractivity contribution in [3.63, 3.8) is 0 Å². The van der Waals surface area contributed by atoms with Crippen LogP contribution in [0.15, 0.2) is 120 Å². The number of ether oxygens (including phenoxy) is 2. The number of benzene rings is 5. The number of carbonyl (C=O) groups is 6. The number of rotatable bonds is 22. The Kier molecular flexibility index (Phi) is 45.5. The topological polar surface area (TPSA) is 298 Å². The minimum Gasteiger partial charge on any atom is -0.478 e. The number of nitrogens with two attached hydrogens (primary N) is 2. The van der Waals surface area contributed by atoms with E-state index in [1.54, 1.807) is 126 Å². The van der Waals surface area contributed by atoms with E-state index in [0.29, 0.717) is 68.4 Å². The van der Waals surface area contributed by atoms with Gasteiger partial charge in [-0.25, -0.2) is 14.4 Å². The van der Waals surface area contributed by atoms with Crippen molar-refractivity contribution in [2.24, 2.45) is 17.4 Å². The van der Waals surface area contributed by atoms with Crippen LogP contribution in [0.3, 0.4) is 0 Å². The van der Waals surface area contributed by atoms with E-state index in [2.05, 4.69) is 44.8 Å². The Hall–Kier alpha value is -5.19. The number of carbonyl (C=O) groups excluding carboxylic acids is 5. The van der Waals surface area contributed by atoms with E-state index in [4.69, 9.17) is 77.6 Å². The number of hydrogen-bond acceptors (Lipinski definition) is 14. The zero-order valence-corrected chi connectivity index (χ0v) is 54.6. The van der Waals surface area contributed by atoms with Gasteiger partial charge in [-0.3, -0.25) is 14.4 Å². The van der Waals surface area contributed by atoms with Crippen LogP contribution in [-0.4, -0.2) is 123 Å². The molecular formula is C66H94BrCl5N4O13. The molecule has 0 heterocycles. The third kappa shape index (κ3) is 40.3. The maximum atomic E-state index is 12.1. The first-order valence-corrected chi connectivity index (χ1v) is 29.9. The molecule has 89 heavy (non-hydrogen) atoms. The monoisotopic (exact) mass is 1400 g/mol. The molecule has 17 nitrogen and oxygen atoms in total. The molecule has 0 radical (unpaired) electrons. The van der Waals surface area contributed by atoms with Gasteiger partial charge in [-0.1, -0.05) is 90.7 Å². The maximum absolute atomic E-state index is 12.1. The van der Waals surface area contributed by atoms with E-state index >= 15 is 0 Å². The van der Waals surface area contributed by atoms with Crippen LogP contribution in [0, 0.1) is 5.92 Å². The van der Waals surface area contributed by atoms with Crippen LogP contribution in [0.25, 0.3) is 0 Å². The summed E-state index contributed by atoms with van der Waals surface area (Å²) in [5.74, 6) is -0.344. The normalized spacial score (nSPS) is 13.1. The predicted molar refractivity (Wildman–Crippen MR) is 366 cm³/mol. The van der Waals surface area contributed by atoms with Crippen LogP contribution in [0.1, 0.15) is 168 Å². The molecule has 5 atom stereocenters. The van der Waals surface area contributed by atoms with Crippen molar-refractivity contribution in [1.82, 2.24) is 10.6 Å². The number of aromatic carboxylic acids is 1. The number of halogens is 6. The van der Waals surface area contributed by atoms with Crippen molar-refractivity contribution in [3.8, 4) is 0 Å². The lowest BCUT2D eigenvalue weighted by Gasteiger charge is -2.20. The number of hydrogen-bond donors (Lipinski definition) is 9. The molecule has 11 N–H and O–H groups in total. The summed E-state index contributed by atoms with van der Waals surface area (Å²) in [6.07, 6.45) is 2.35. The molecule has 5 aromatic rings. The molecule has 5 aromatic carbocycles. The number of alkyl carbamates (subject to hydrolysis) is 2. The first kappa shape index (κ1) is 88.0. The van der Waals surface area contributed by atoms with Gasteiger partial charge in [0.2, 0.25) is 0 Å². The summed E-state index contributed by atoms with van der Waals surface area (Å²) >= 11 is 26.3. The summed E-state index contributed by atoms with van der Waals surface area (Å²) in [7, 11) is 0. The summed E-state index contributed by atoms with van der Waals surface area (Å²) in [6.45, 7) is 11.1. The van der Waals surface area contributed by atoms with Gasteiger partial charge >= 0.3 is 18.2 Å². The smallest absolute Gasteiger partial charge is 0.407 e. The molecule has 6 rings (SSSR count). The Bertz CT molecular complexity index is 2840. The average Bonchev–Trinajstić information content (AvgIpc) is 1.95. The highest BCUT2D eigenvalue weighted by molar-refractivity contribution is 9.10. The molecule has 0 aliphatic heterocycles. The van der Waals surface area contributed by atoms with Crippen molar-refractivity contribution in [3.05, 3.63) is 173 Å². The van der Waals surface area contributed by atoms with Crippen LogP contribution in [0.4, 0.5) is 9.59 Å². The molecule has 0 spiro atoms. The minimum atomic E-state index is -0.934. The van der Waals surface area contributed by atoms with Gasteiger partial charge in [0.25, 0.3) is 0 Å². The number of nitrogens with one attached hydrogen (secondary N) is 2. The van der Waals surface area contributed by atoms with Gasteiger partial charge in [-0.15, -0.1) is 12.4 Å². The fourth-order valence-electron chi connectivity index (χ4n) is 7.61. The Morgan fingerprint density at radius 3 is 1.18 bits per heavy atom. The van der Waals surface area contributed by atoms with Gasteiger partial charge in [0, 0.05) is 86.7 Å². The standard InChI is InChI=1S/C21H22BrClO2.C16H22ClNO4.C11H14ClNO2.C8H18N2O3.C7H5ClO2.3CH4.ClH/c22-18-5-2-16-11-14(12-17(16)13-18)1-8-20(24)9-10-21(25)15-3-6-19(23)7-4-15;1-16(2,3)22-15(21)18-10-13(19)8-9-14(20)11-4-6-12(17)7-5-11;12-9-3-1-8(2-4-9)11(15)6-5-10(14)7-13;1-8(2,3)13-7(12)10-5-6(11)4-9;8-6-3-1-5(2-4-6)7(9)10;;;;/h2-7,13-14,20,24H,1,8-12H2;4-7,13,19H,8-10H2,1-3H3,(H,18,21);1-4,10,14H,5-7,13H2;6,11H,4-5,9H2,1-3H3,(H,10,12);1-4H,(H,9,10);3*1H4;1H. The molecule has 498 valence electrons. The SMILES string of the molecule is C.C.C.CC(C)(C)OC(=O)NCC(O)CCC(=O)c1ccc(Cl)cc1.CC(C)(C)OC(=O)NCC(O)CN.Cl.NCC(O)CCC(=O)c1ccc(Cl)cc1.O=C(CCC(O)CCC1Cc2ccc(Br)cc2C1)c1ccc(Cl)cc1.O=C(O)c1ccc(Cl)cc1. The predicted octanol–water partition coefficient (Wildman–Crippen LogP) is 14.6. The number of fused-ring (bicyclic) bond motifs is 1. The van der Waals surface area contributed by atoms with Crippen LogP contribution in [-0.2, 0) is 22.3 Å². The second kappa shape index (κ2) is 46.0. The number of Topliss-reactive ketones (excluding diaryl/α,β-unsaturated/α-hetero) is 3. The lowest BCUT2D eigenvalue weighted by Crippen LogP contribution is -2.39. The van der Waals surface area contributed by atoms with Gasteiger partial charge in [0.1, 0.15) is 11.2 Å². The highest BCUT2D eigenvalue weighted by Gasteiger charge is 2.23. The van der Waals surface area contributed by atoms with Crippen LogP contribution in [0.2, 0.25) is 20.1 Å². The van der Waals surface area contributed by atoms with E-state index in [9.17, 15) is 44.1 Å². The highest BCUT2D eigenvalue weighted by atomic mass is 79.9. The fraction of sp³-hybridized carbons (Fsp3) is 0.455. The molecular weight excluding hydrogens is 1310 g/mol. The number of aliphatic hydroxyl groups is 4. The Balaban J connectivity index is -0.00000106. The van der Waals surface area contributed by atoms with Gasteiger partial charge in [-0.05, 0) is 213 Å². The molecule has 0 saturated heterocycles. The molecule has 0 aromatic heterocycles. The third-order valence-electron chi connectivity index (χ3n) is 12.1. The molecule has 0 fully saturated rings. The zero-order chi connectivity index (χ0) is 63.9. The van der Waals surface area contributed by atoms with Gasteiger partial charge in [-0.2, -0.15) is 0 Å². The molecule has 23 heteroatoms. The van der Waals surface area contributed by atoms with E-state index in [-0.39, 0.29) is 96.6 Å². The average molecular weight is 1410 g/mol. The first-order valence-electron chi connectivity index (χ1n) is 27.5. The summed E-state index contributed by atoms with van der Waals surface area (Å²) < 4.78 is 11.1. The Labute approximate surface area is 561 Å². The Morgan fingerprint density at radius 2 is 0.831 bits per heavy atom. The van der Waals surface area contributed by atoms with E-state index < -0.39 is 53.8 Å². The lowest BCUT2D eigenvalue weighted by molar-refractivity contribution is 0.0481. The van der Waals surface area contributed by atoms with E-state index in [1.165, 1.54) is 23.3 Å². The van der Waals surface area contributed by atoms with Gasteiger partial charge in [0.05, 0.1) is 30.0 Å². The van der Waals surface area contributed by atoms with Gasteiger partial charge < -0.3 is 57.1 Å². The molecule has 1 aliphatic carbocycles. The summed E-state index contributed by atoms with van der Waals surface area (Å²) in [5.41, 5.74) is 14.2. The second-order valence-corrected chi connectivity index (χ2v) is 24.5. The largest absolute Gasteiger partial charge is 0.478 e. The number of carboxylic acids is 1. The second-order valence-electron chi connectivity index (χ2n) is 21.8. The molecule has 1 aliphatic rings. The van der Waals surface area contributed by atoms with Crippen molar-refractivity contribution in [2.45, 2.75) is 164 Å². The molecule has 0 saturated carbocycles. The van der Waals surface area contributed by atoms with Crippen molar-refractivity contribution in [1.29, 1.82) is 0 Å². The van der Waals surface area contributed by atoms with Crippen molar-refractivity contribution in [2.75, 3.05) is 26.2 Å². The molecule has 5 unspecified atom stereocenters. The van der Waals surface area contributed by atoms with Crippen LogP contribution in [0.5, 0.6) is 0 Å². The van der Waals surface area contributed by atoms with Crippen molar-refractivity contribution >= 4 is 110 Å². The highest BCUT2D eigenvalue weighted by Crippen LogP contribution is 2.32. The first-order chi connectivity index (χ1) is 39.9. The molecule has 2 amide bonds. The lowest BCUT2D eigenvalue weighted by atomic mass is 9.95. The van der Waals surface area contributed by atoms with Crippen LogP contribution < -0.4 is 22.1 Å². The number of ketones is 3. The maximum Gasteiger partial charge on any atom is 0.407 e. The van der Waals surface area contributed by atoms with Crippen molar-refractivity contribution < 1.29 is 63.8 Å². The summed E-state index contributed by atoms with van der Waals surface area (Å²) in [6, 6.07) is 32.7.